The van der Waals surface area contributed by atoms with E-state index in [0.717, 1.165) is 18.5 Å². The van der Waals surface area contributed by atoms with E-state index in [1.165, 1.54) is 0 Å². The molecule has 0 aliphatic carbocycles. The van der Waals surface area contributed by atoms with Crippen molar-refractivity contribution in [3.63, 3.8) is 0 Å². The number of sulfonamides is 1. The van der Waals surface area contributed by atoms with Crippen LogP contribution in [-0.2, 0) is 10.0 Å². The maximum Gasteiger partial charge on any atom is 0.242 e. The lowest BCUT2D eigenvalue weighted by atomic mass is 10.4. The molecular weight excluding hydrogens is 251 g/mol. The average Bonchev–Trinajstić information content (AvgIpc) is 2.28. The molecule has 0 aliphatic heterocycles. The van der Waals surface area contributed by atoms with E-state index in [1.54, 1.807) is 0 Å². The van der Waals surface area contributed by atoms with Crippen molar-refractivity contribution in [1.29, 1.82) is 0 Å². The van der Waals surface area contributed by atoms with E-state index in [4.69, 9.17) is 10.9 Å². The molecule has 17 heavy (non-hydrogen) atoms. The number of oxime groups is 1. The molecule has 1 aromatic heterocycles. The second-order valence-corrected chi connectivity index (χ2v) is 4.84. The maximum absolute atomic E-state index is 12.8. The van der Waals surface area contributed by atoms with Crippen molar-refractivity contribution in [3.8, 4) is 0 Å². The summed E-state index contributed by atoms with van der Waals surface area (Å²) in [6.45, 7) is -0.0608. The monoisotopic (exact) mass is 262 g/mol. The normalized spacial score (nSPS) is 12.6. The van der Waals surface area contributed by atoms with Gasteiger partial charge in [0.05, 0.1) is 6.20 Å². The van der Waals surface area contributed by atoms with Gasteiger partial charge in [0.15, 0.2) is 0 Å². The summed E-state index contributed by atoms with van der Waals surface area (Å²) < 4.78 is 38.1. The van der Waals surface area contributed by atoms with Crippen molar-refractivity contribution in [3.05, 3.63) is 24.3 Å². The van der Waals surface area contributed by atoms with Crippen LogP contribution in [0, 0.1) is 5.82 Å². The van der Waals surface area contributed by atoms with Gasteiger partial charge in [-0.15, -0.1) is 0 Å². The fourth-order valence-corrected chi connectivity index (χ4v) is 1.99. The fraction of sp³-hybridized carbons (Fsp3) is 0.250. The van der Waals surface area contributed by atoms with Crippen LogP contribution < -0.4 is 10.5 Å². The summed E-state index contributed by atoms with van der Waals surface area (Å²) >= 11 is 0. The van der Waals surface area contributed by atoms with E-state index in [9.17, 15) is 12.8 Å². The summed E-state index contributed by atoms with van der Waals surface area (Å²) in [5, 5.41) is 10.9. The lowest BCUT2D eigenvalue weighted by Gasteiger charge is -2.05. The molecule has 7 nitrogen and oxygen atoms in total. The maximum atomic E-state index is 12.8. The summed E-state index contributed by atoms with van der Waals surface area (Å²) in [4.78, 5) is 3.15. The number of pyridine rings is 1. The number of hydrogen-bond donors (Lipinski definition) is 3. The Hall–Kier alpha value is -1.74. The number of nitrogens with two attached hydrogens (primary N) is 1. The standard InChI is InChI=1S/C8H11FN4O3S/c9-6-3-7(5-11-4-6)17(15,16)12-2-1-8(10)13-14/h3-5,12,14H,1-2H2,(H2,10,13). The molecule has 1 aromatic rings. The molecule has 0 saturated heterocycles. The molecule has 4 N–H and O–H groups in total. The molecule has 0 spiro atoms. The van der Waals surface area contributed by atoms with E-state index >= 15 is 0 Å². The molecule has 0 aromatic carbocycles. The van der Waals surface area contributed by atoms with Gasteiger partial charge >= 0.3 is 0 Å². The van der Waals surface area contributed by atoms with Gasteiger partial charge in [0.25, 0.3) is 0 Å². The molecule has 1 rings (SSSR count). The second kappa shape index (κ2) is 5.55. The van der Waals surface area contributed by atoms with Crippen LogP contribution in [0.4, 0.5) is 4.39 Å². The molecule has 0 fully saturated rings. The van der Waals surface area contributed by atoms with Gasteiger partial charge in [0.1, 0.15) is 16.5 Å². The van der Waals surface area contributed by atoms with Gasteiger partial charge in [0, 0.05) is 19.2 Å². The zero-order valence-corrected chi connectivity index (χ0v) is 9.48. The van der Waals surface area contributed by atoms with Gasteiger partial charge in [-0.25, -0.2) is 17.5 Å². The number of rotatable bonds is 5. The minimum absolute atomic E-state index is 0.0402. The summed E-state index contributed by atoms with van der Waals surface area (Å²) in [5.41, 5.74) is 5.16. The molecular formula is C8H11FN4O3S. The predicted molar refractivity (Wildman–Crippen MR) is 57.4 cm³/mol. The number of amidine groups is 1. The van der Waals surface area contributed by atoms with E-state index in [2.05, 4.69) is 14.9 Å². The number of halogens is 1. The van der Waals surface area contributed by atoms with Crippen molar-refractivity contribution in [2.24, 2.45) is 10.9 Å². The van der Waals surface area contributed by atoms with Crippen LogP contribution in [-0.4, -0.2) is 31.0 Å². The Kier molecular flexibility index (Phi) is 4.35. The highest BCUT2D eigenvalue weighted by atomic mass is 32.2. The average molecular weight is 262 g/mol. The number of aromatic nitrogens is 1. The summed E-state index contributed by atoms with van der Waals surface area (Å²) in [6, 6.07) is 0.846. The van der Waals surface area contributed by atoms with Crippen LogP contribution in [0.25, 0.3) is 0 Å². The zero-order chi connectivity index (χ0) is 12.9. The highest BCUT2D eigenvalue weighted by Crippen LogP contribution is 2.07. The first kappa shape index (κ1) is 13.3. The van der Waals surface area contributed by atoms with Gasteiger partial charge in [-0.3, -0.25) is 4.98 Å². The first-order valence-corrected chi connectivity index (χ1v) is 6.00. The molecule has 9 heteroatoms. The molecule has 94 valence electrons. The topological polar surface area (TPSA) is 118 Å². The van der Waals surface area contributed by atoms with E-state index in [1.807, 2.05) is 0 Å². The predicted octanol–water partition coefficient (Wildman–Crippen LogP) is -0.365. The Balaban J connectivity index is 2.70. The third-order valence-electron chi connectivity index (χ3n) is 1.79. The van der Waals surface area contributed by atoms with Crippen molar-refractivity contribution in [1.82, 2.24) is 9.71 Å². The Bertz CT molecular complexity index is 517. The molecule has 0 atom stereocenters. The Morgan fingerprint density at radius 3 is 2.88 bits per heavy atom. The summed E-state index contributed by atoms with van der Waals surface area (Å²) in [7, 11) is -3.83. The lowest BCUT2D eigenvalue weighted by Crippen LogP contribution is -2.28. The third kappa shape index (κ3) is 3.96. The number of nitrogens with zero attached hydrogens (tertiary/aromatic N) is 2. The first-order chi connectivity index (χ1) is 7.95. The van der Waals surface area contributed by atoms with Crippen LogP contribution in [0.3, 0.4) is 0 Å². The van der Waals surface area contributed by atoms with E-state index < -0.39 is 15.8 Å². The molecule has 0 unspecified atom stereocenters. The molecule has 0 saturated carbocycles. The number of nitrogens with one attached hydrogen (secondary N) is 1. The Morgan fingerprint density at radius 2 is 2.29 bits per heavy atom. The van der Waals surface area contributed by atoms with Crippen LogP contribution in [0.5, 0.6) is 0 Å². The second-order valence-electron chi connectivity index (χ2n) is 3.08. The zero-order valence-electron chi connectivity index (χ0n) is 8.67. The van der Waals surface area contributed by atoms with Crippen LogP contribution >= 0.6 is 0 Å². The molecule has 0 bridgehead atoms. The Labute approximate surface area is 97.2 Å². The van der Waals surface area contributed by atoms with Crippen molar-refractivity contribution in [2.75, 3.05) is 6.54 Å². The van der Waals surface area contributed by atoms with Crippen molar-refractivity contribution < 1.29 is 18.0 Å². The molecule has 0 aliphatic rings. The highest BCUT2D eigenvalue weighted by molar-refractivity contribution is 7.89. The largest absolute Gasteiger partial charge is 0.409 e. The van der Waals surface area contributed by atoms with Crippen molar-refractivity contribution >= 4 is 15.9 Å². The minimum atomic E-state index is -3.83. The highest BCUT2D eigenvalue weighted by Gasteiger charge is 2.14. The molecule has 0 radical (unpaired) electrons. The molecule has 0 amide bonds. The van der Waals surface area contributed by atoms with Gasteiger partial charge in [0.2, 0.25) is 10.0 Å². The van der Waals surface area contributed by atoms with E-state index in [-0.39, 0.29) is 23.7 Å². The van der Waals surface area contributed by atoms with Crippen LogP contribution in [0.2, 0.25) is 0 Å². The quantitative estimate of drug-likeness (QED) is 0.290. The fourth-order valence-electron chi connectivity index (χ4n) is 0.986. The third-order valence-corrected chi connectivity index (χ3v) is 3.22. The lowest BCUT2D eigenvalue weighted by molar-refractivity contribution is 0.317. The summed E-state index contributed by atoms with van der Waals surface area (Å²) in [5.74, 6) is -0.852. The first-order valence-electron chi connectivity index (χ1n) is 4.52. The van der Waals surface area contributed by atoms with Gasteiger partial charge in [-0.05, 0) is 6.07 Å². The number of hydrogen-bond acceptors (Lipinski definition) is 5. The van der Waals surface area contributed by atoms with Crippen LogP contribution in [0.1, 0.15) is 6.42 Å². The van der Waals surface area contributed by atoms with Crippen molar-refractivity contribution in [2.45, 2.75) is 11.3 Å². The Morgan fingerprint density at radius 1 is 1.59 bits per heavy atom. The van der Waals surface area contributed by atoms with Gasteiger partial charge < -0.3 is 10.9 Å². The minimum Gasteiger partial charge on any atom is -0.409 e. The van der Waals surface area contributed by atoms with Crippen LogP contribution in [0.15, 0.2) is 28.5 Å². The molecule has 1 heterocycles. The smallest absolute Gasteiger partial charge is 0.242 e. The SMILES string of the molecule is NC(CCNS(=O)(=O)c1cncc(F)c1)=NO. The van der Waals surface area contributed by atoms with E-state index in [0.29, 0.717) is 0 Å². The van der Waals surface area contributed by atoms with Gasteiger partial charge in [-0.1, -0.05) is 5.16 Å². The van der Waals surface area contributed by atoms with Gasteiger partial charge in [-0.2, -0.15) is 0 Å². The summed E-state index contributed by atoms with van der Waals surface area (Å²) in [6.07, 6.45) is 1.96.